The molecular weight excluding hydrogens is 559 g/mol. The molecule has 0 atom stereocenters. The van der Waals surface area contributed by atoms with Gasteiger partial charge in [0.05, 0.1) is 16.9 Å². The van der Waals surface area contributed by atoms with Crippen LogP contribution in [0, 0.1) is 0 Å². The first kappa shape index (κ1) is 21.7. The number of thioether (sulfide) groups is 8. The molecule has 7 rings (SSSR count). The molecule has 162 valence electrons. The molecule has 4 heterocycles. The van der Waals surface area contributed by atoms with Crippen molar-refractivity contribution in [2.45, 2.75) is 29.4 Å². The molecule has 0 amide bonds. The van der Waals surface area contributed by atoms with E-state index in [-0.39, 0.29) is 0 Å². The first-order valence-electron chi connectivity index (χ1n) is 9.93. The molecule has 0 fully saturated rings. The Morgan fingerprint density at radius 2 is 0.970 bits per heavy atom. The number of rotatable bonds is 1. The highest BCUT2D eigenvalue weighted by Crippen LogP contribution is 2.65. The Kier molecular flexibility index (Phi) is 5.83. The maximum absolute atomic E-state index is 5.85. The summed E-state index contributed by atoms with van der Waals surface area (Å²) in [7, 11) is 0. The van der Waals surface area contributed by atoms with Crippen molar-refractivity contribution in [3.8, 4) is 0 Å². The van der Waals surface area contributed by atoms with Crippen LogP contribution in [0.4, 0.5) is 5.69 Å². The molecule has 9 heteroatoms. The molecule has 0 aromatic heterocycles. The second-order valence-corrected chi connectivity index (χ2v) is 16.6. The average molecular weight is 572 g/mol. The van der Waals surface area contributed by atoms with Gasteiger partial charge in [-0.3, -0.25) is 0 Å². The van der Waals surface area contributed by atoms with Crippen LogP contribution in [-0.4, -0.2) is 0 Å². The summed E-state index contributed by atoms with van der Waals surface area (Å²) < 4.78 is 5.63. The van der Waals surface area contributed by atoms with Crippen LogP contribution < -0.4 is 5.73 Å². The van der Waals surface area contributed by atoms with E-state index in [0.717, 1.165) is 5.69 Å². The van der Waals surface area contributed by atoms with Gasteiger partial charge in [-0.05, 0) is 47.4 Å². The van der Waals surface area contributed by atoms with Crippen LogP contribution in [0.3, 0.4) is 0 Å². The third-order valence-electron chi connectivity index (χ3n) is 5.08. The van der Waals surface area contributed by atoms with Gasteiger partial charge in [0.25, 0.3) is 0 Å². The van der Waals surface area contributed by atoms with Gasteiger partial charge in [-0.25, -0.2) is 0 Å². The Bertz CT molecular complexity index is 1350. The topological polar surface area (TPSA) is 26.0 Å². The highest BCUT2D eigenvalue weighted by molar-refractivity contribution is 8.34. The minimum absolute atomic E-state index is 0.808. The normalized spacial score (nSPS) is 18.6. The van der Waals surface area contributed by atoms with Crippen LogP contribution in [-0.2, 0) is 0 Å². The molecule has 0 radical (unpaired) electrons. The number of anilines is 1. The molecular formula is C24H13NS8. The van der Waals surface area contributed by atoms with Crippen LogP contribution in [0.1, 0.15) is 5.56 Å². The minimum atomic E-state index is 0.808. The van der Waals surface area contributed by atoms with E-state index >= 15 is 0 Å². The lowest BCUT2D eigenvalue weighted by molar-refractivity contribution is 1.11. The zero-order chi connectivity index (χ0) is 21.9. The molecule has 33 heavy (non-hydrogen) atoms. The van der Waals surface area contributed by atoms with Gasteiger partial charge in [0, 0.05) is 40.0 Å². The van der Waals surface area contributed by atoms with Crippen LogP contribution >= 0.6 is 94.1 Å². The Balaban J connectivity index is 1.10. The summed E-state index contributed by atoms with van der Waals surface area (Å²) in [6.07, 6.45) is 0. The number of fused-ring (bicyclic) bond motifs is 3. The standard InChI is InChI=1S/C24H13NS8/c25-13-7-5-12(6-8-13)20-11-26-21(33-20)22-29-16-9-18-19(10-17(16)30-22)32-24(31-18)23-27-14-3-1-2-4-15(14)28-23/h1-11H,25H2. The fraction of sp³-hybridized carbons (Fsp3) is 0. The smallest absolute Gasteiger partial charge is 0.0706 e. The van der Waals surface area contributed by atoms with Crippen molar-refractivity contribution < 1.29 is 0 Å². The summed E-state index contributed by atoms with van der Waals surface area (Å²) in [5, 5.41) is 2.27. The van der Waals surface area contributed by atoms with E-state index in [4.69, 9.17) is 5.73 Å². The summed E-state index contributed by atoms with van der Waals surface area (Å²) in [6.45, 7) is 0. The van der Waals surface area contributed by atoms with Crippen LogP contribution in [0.5, 0.6) is 0 Å². The molecule has 1 nitrogen and oxygen atoms in total. The van der Waals surface area contributed by atoms with Crippen molar-refractivity contribution in [1.82, 2.24) is 0 Å². The van der Waals surface area contributed by atoms with Gasteiger partial charge >= 0.3 is 0 Å². The summed E-state index contributed by atoms with van der Waals surface area (Å²) in [5.74, 6) is 0. The van der Waals surface area contributed by atoms with Gasteiger partial charge < -0.3 is 5.73 Å². The Morgan fingerprint density at radius 3 is 1.52 bits per heavy atom. The summed E-state index contributed by atoms with van der Waals surface area (Å²) >= 11 is 15.3. The highest BCUT2D eigenvalue weighted by atomic mass is 32.2. The van der Waals surface area contributed by atoms with Gasteiger partial charge in [-0.1, -0.05) is 118 Å². The molecule has 0 aliphatic carbocycles. The second kappa shape index (κ2) is 8.85. The quantitative estimate of drug-likeness (QED) is 0.286. The number of nitrogens with two attached hydrogens (primary N) is 1. The zero-order valence-corrected chi connectivity index (χ0v) is 23.2. The lowest BCUT2D eigenvalue weighted by Crippen LogP contribution is -1.84. The SMILES string of the molecule is Nc1ccc(C2=CSC(=C3Sc4cc5c(cc4S3)SC(=C3Sc4ccccc4S3)S5)S2)cc1. The summed E-state index contributed by atoms with van der Waals surface area (Å²) in [5.41, 5.74) is 7.89. The predicted molar refractivity (Wildman–Crippen MR) is 156 cm³/mol. The Hall–Kier alpha value is -0.520. The van der Waals surface area contributed by atoms with E-state index in [1.807, 2.05) is 106 Å². The van der Waals surface area contributed by atoms with E-state index in [1.165, 1.54) is 56.8 Å². The van der Waals surface area contributed by atoms with Gasteiger partial charge in [0.1, 0.15) is 0 Å². The van der Waals surface area contributed by atoms with Crippen LogP contribution in [0.15, 0.2) is 112 Å². The molecule has 0 spiro atoms. The lowest BCUT2D eigenvalue weighted by atomic mass is 10.2. The fourth-order valence-corrected chi connectivity index (χ4v) is 14.1. The largest absolute Gasteiger partial charge is 0.399 e. The fourth-order valence-electron chi connectivity index (χ4n) is 3.49. The molecule has 3 aromatic rings. The van der Waals surface area contributed by atoms with Gasteiger partial charge in [0.15, 0.2) is 0 Å². The van der Waals surface area contributed by atoms with E-state index in [2.05, 4.69) is 53.9 Å². The minimum Gasteiger partial charge on any atom is -0.399 e. The van der Waals surface area contributed by atoms with Crippen molar-refractivity contribution in [1.29, 1.82) is 0 Å². The van der Waals surface area contributed by atoms with E-state index in [1.54, 1.807) is 0 Å². The monoisotopic (exact) mass is 571 g/mol. The van der Waals surface area contributed by atoms with Crippen molar-refractivity contribution in [2.75, 3.05) is 5.73 Å². The Labute approximate surface area is 226 Å². The van der Waals surface area contributed by atoms with Crippen LogP contribution in [0.25, 0.3) is 4.91 Å². The molecule has 3 aromatic carbocycles. The van der Waals surface area contributed by atoms with E-state index in [9.17, 15) is 0 Å². The molecule has 0 bridgehead atoms. The summed E-state index contributed by atoms with van der Waals surface area (Å²) in [6, 6.07) is 21.7. The van der Waals surface area contributed by atoms with Gasteiger partial charge in [-0.15, -0.1) is 0 Å². The predicted octanol–water partition coefficient (Wildman–Crippen LogP) is 10.3. The van der Waals surface area contributed by atoms with Crippen LogP contribution in [0.2, 0.25) is 0 Å². The lowest BCUT2D eigenvalue weighted by Gasteiger charge is -2.03. The third-order valence-corrected chi connectivity index (χ3v) is 16.1. The third kappa shape index (κ3) is 4.12. The zero-order valence-electron chi connectivity index (χ0n) is 16.7. The molecule has 4 aliphatic rings. The average Bonchev–Trinajstić information content (AvgIpc) is 3.61. The van der Waals surface area contributed by atoms with E-state index < -0.39 is 0 Å². The second-order valence-electron chi connectivity index (χ2n) is 7.28. The number of hydrogen-bond acceptors (Lipinski definition) is 9. The number of benzene rings is 3. The maximum atomic E-state index is 5.85. The molecule has 0 unspecified atom stereocenters. The molecule has 2 N–H and O–H groups in total. The molecule has 0 saturated heterocycles. The van der Waals surface area contributed by atoms with Crippen molar-refractivity contribution >= 4 is 105 Å². The molecule has 0 saturated carbocycles. The van der Waals surface area contributed by atoms with Crippen molar-refractivity contribution in [2.24, 2.45) is 0 Å². The number of hydrogen-bond donors (Lipinski definition) is 1. The number of nitrogen functional groups attached to an aromatic ring is 1. The maximum Gasteiger partial charge on any atom is 0.0706 e. The van der Waals surface area contributed by atoms with Crippen molar-refractivity contribution in [3.63, 3.8) is 0 Å². The van der Waals surface area contributed by atoms with E-state index in [0.29, 0.717) is 0 Å². The van der Waals surface area contributed by atoms with Gasteiger partial charge in [0.2, 0.25) is 0 Å². The van der Waals surface area contributed by atoms with Crippen molar-refractivity contribution in [3.05, 3.63) is 88.6 Å². The van der Waals surface area contributed by atoms with Gasteiger partial charge in [-0.2, -0.15) is 0 Å². The summed E-state index contributed by atoms with van der Waals surface area (Å²) in [4.78, 5) is 9.62. The highest BCUT2D eigenvalue weighted by Gasteiger charge is 2.31. The first-order chi connectivity index (χ1) is 16.2. The molecule has 4 aliphatic heterocycles. The first-order valence-corrected chi connectivity index (χ1v) is 16.5. The Morgan fingerprint density at radius 1 is 0.485 bits per heavy atom.